The number of carbonyl (C=O) groups is 1. The van der Waals surface area contributed by atoms with Gasteiger partial charge in [0.2, 0.25) is 5.96 Å². The summed E-state index contributed by atoms with van der Waals surface area (Å²) in [6, 6.07) is 6.88. The fraction of sp³-hybridized carbons (Fsp3) is 0.500. The van der Waals surface area contributed by atoms with Gasteiger partial charge in [-0.15, -0.1) is 0 Å². The third-order valence-electron chi connectivity index (χ3n) is 6.25. The summed E-state index contributed by atoms with van der Waals surface area (Å²) in [7, 11) is 1.64. The number of imidazole rings is 1. The molecule has 1 amide bonds. The first-order valence-electron chi connectivity index (χ1n) is 10.8. The standard InChI is InChI=1S/C22H26BrN5O3/c1-4-26-20(29)18-19(28-16-8-6-7-15(16)24-21(26)28)25-22(31-5-2)27(18)12-13-9-10-17(30-3)14(23)11-13/h9-11,15-16H,4-8,12H2,1-3H3/t15-,16+/m1/s1. The molecule has 1 fully saturated rings. The Hall–Kier alpha value is -2.55. The van der Waals surface area contributed by atoms with Crippen LogP contribution in [-0.4, -0.2) is 58.7 Å². The highest BCUT2D eigenvalue weighted by Crippen LogP contribution is 2.42. The van der Waals surface area contributed by atoms with E-state index in [0.29, 0.717) is 37.2 Å². The maximum Gasteiger partial charge on any atom is 0.299 e. The Kier molecular flexibility index (Phi) is 5.16. The van der Waals surface area contributed by atoms with E-state index >= 15 is 0 Å². The molecule has 8 nitrogen and oxygen atoms in total. The normalized spacial score (nSPS) is 21.7. The highest BCUT2D eigenvalue weighted by atomic mass is 79.9. The molecular formula is C22H26BrN5O3. The average Bonchev–Trinajstić information content (AvgIpc) is 3.43. The van der Waals surface area contributed by atoms with Crippen molar-refractivity contribution >= 4 is 33.6 Å². The van der Waals surface area contributed by atoms with Gasteiger partial charge in [-0.25, -0.2) is 4.99 Å². The van der Waals surface area contributed by atoms with Crippen molar-refractivity contribution in [3.05, 3.63) is 33.9 Å². The number of fused-ring (bicyclic) bond motifs is 5. The van der Waals surface area contributed by atoms with Gasteiger partial charge in [-0.05, 0) is 66.7 Å². The van der Waals surface area contributed by atoms with E-state index in [4.69, 9.17) is 19.5 Å². The van der Waals surface area contributed by atoms with Crippen molar-refractivity contribution in [3.8, 4) is 11.8 Å². The summed E-state index contributed by atoms with van der Waals surface area (Å²) < 4.78 is 14.0. The van der Waals surface area contributed by atoms with E-state index in [9.17, 15) is 4.79 Å². The fourth-order valence-electron chi connectivity index (χ4n) is 4.86. The Balaban J connectivity index is 1.62. The lowest BCUT2D eigenvalue weighted by Crippen LogP contribution is -2.53. The molecule has 0 saturated heterocycles. The second-order valence-corrected chi connectivity index (χ2v) is 8.82. The Morgan fingerprint density at radius 1 is 1.26 bits per heavy atom. The molecule has 1 saturated carbocycles. The average molecular weight is 488 g/mol. The van der Waals surface area contributed by atoms with E-state index in [1.54, 1.807) is 12.0 Å². The molecule has 3 heterocycles. The first kappa shape index (κ1) is 20.4. The fourth-order valence-corrected chi connectivity index (χ4v) is 5.45. The number of benzene rings is 1. The summed E-state index contributed by atoms with van der Waals surface area (Å²) in [5.74, 6) is 2.12. The second-order valence-electron chi connectivity index (χ2n) is 7.97. The van der Waals surface area contributed by atoms with Gasteiger partial charge >= 0.3 is 0 Å². The number of nitrogens with zero attached hydrogens (tertiary/aromatic N) is 5. The molecule has 1 aromatic heterocycles. The number of hydrogen-bond acceptors (Lipinski definition) is 6. The van der Waals surface area contributed by atoms with Crippen molar-refractivity contribution in [1.82, 2.24) is 14.5 Å². The van der Waals surface area contributed by atoms with Crippen LogP contribution in [0.25, 0.3) is 0 Å². The molecule has 3 aliphatic rings. The van der Waals surface area contributed by atoms with Crippen LogP contribution in [0.15, 0.2) is 27.7 Å². The van der Waals surface area contributed by atoms with Crippen LogP contribution in [0.1, 0.15) is 49.2 Å². The van der Waals surface area contributed by atoms with Crippen LogP contribution in [0.4, 0.5) is 5.82 Å². The summed E-state index contributed by atoms with van der Waals surface area (Å²) in [6.07, 6.45) is 3.27. The molecule has 0 unspecified atom stereocenters. The highest BCUT2D eigenvalue weighted by molar-refractivity contribution is 9.10. The summed E-state index contributed by atoms with van der Waals surface area (Å²) in [5, 5.41) is 0. The van der Waals surface area contributed by atoms with Crippen LogP contribution in [-0.2, 0) is 6.54 Å². The summed E-state index contributed by atoms with van der Waals surface area (Å²) >= 11 is 3.56. The zero-order chi connectivity index (χ0) is 21.7. The molecule has 1 aromatic carbocycles. The SMILES string of the molecule is CCOc1nc2c(n1Cc1ccc(OC)c(Br)c1)C(=O)N(CC)C1=N[C@@H]3CCC[C@@H]3N12. The molecule has 0 radical (unpaired) electrons. The smallest absolute Gasteiger partial charge is 0.299 e. The molecule has 164 valence electrons. The van der Waals surface area contributed by atoms with E-state index < -0.39 is 0 Å². The minimum atomic E-state index is -0.0708. The van der Waals surface area contributed by atoms with Gasteiger partial charge in [0.1, 0.15) is 5.75 Å². The zero-order valence-corrected chi connectivity index (χ0v) is 19.6. The number of anilines is 1. The van der Waals surface area contributed by atoms with Crippen molar-refractivity contribution in [1.29, 1.82) is 0 Å². The Labute approximate surface area is 190 Å². The van der Waals surface area contributed by atoms with E-state index in [1.807, 2.05) is 36.6 Å². The lowest BCUT2D eigenvalue weighted by atomic mass is 10.1. The van der Waals surface area contributed by atoms with Crippen molar-refractivity contribution in [2.45, 2.75) is 51.7 Å². The van der Waals surface area contributed by atoms with Crippen LogP contribution in [0, 0.1) is 0 Å². The first-order chi connectivity index (χ1) is 15.1. The van der Waals surface area contributed by atoms with Gasteiger partial charge in [-0.1, -0.05) is 6.07 Å². The van der Waals surface area contributed by atoms with Crippen LogP contribution in [0.5, 0.6) is 11.8 Å². The minimum Gasteiger partial charge on any atom is -0.496 e. The number of aliphatic imine (C=N–C) groups is 1. The lowest BCUT2D eigenvalue weighted by molar-refractivity contribution is 0.0834. The highest BCUT2D eigenvalue weighted by Gasteiger charge is 2.50. The lowest BCUT2D eigenvalue weighted by Gasteiger charge is -2.35. The number of guanidine groups is 1. The number of halogens is 1. The third-order valence-corrected chi connectivity index (χ3v) is 6.87. The minimum absolute atomic E-state index is 0.0708. The number of aromatic nitrogens is 2. The van der Waals surface area contributed by atoms with E-state index in [1.165, 1.54) is 0 Å². The van der Waals surface area contributed by atoms with E-state index in [2.05, 4.69) is 20.8 Å². The van der Waals surface area contributed by atoms with Gasteiger partial charge in [0.05, 0.1) is 36.8 Å². The molecular weight excluding hydrogens is 462 g/mol. The number of carbonyl (C=O) groups excluding carboxylic acids is 1. The first-order valence-corrected chi connectivity index (χ1v) is 11.6. The van der Waals surface area contributed by atoms with Gasteiger partial charge in [0.25, 0.3) is 11.9 Å². The quantitative estimate of drug-likeness (QED) is 0.621. The molecule has 9 heteroatoms. The summed E-state index contributed by atoms with van der Waals surface area (Å²) in [6.45, 7) is 5.43. The molecule has 2 aromatic rings. The van der Waals surface area contributed by atoms with Crippen LogP contribution < -0.4 is 14.4 Å². The summed E-state index contributed by atoms with van der Waals surface area (Å²) in [5.41, 5.74) is 1.59. The second kappa shape index (κ2) is 7.85. The Morgan fingerprint density at radius 2 is 2.10 bits per heavy atom. The molecule has 1 aliphatic carbocycles. The van der Waals surface area contributed by atoms with E-state index in [-0.39, 0.29) is 18.0 Å². The predicted octanol–water partition coefficient (Wildman–Crippen LogP) is 3.67. The maximum absolute atomic E-state index is 13.6. The largest absolute Gasteiger partial charge is 0.496 e. The van der Waals surface area contributed by atoms with Crippen molar-refractivity contribution in [2.24, 2.45) is 4.99 Å². The van der Waals surface area contributed by atoms with E-state index in [0.717, 1.165) is 41.0 Å². The van der Waals surface area contributed by atoms with Gasteiger partial charge in [0, 0.05) is 6.54 Å². The monoisotopic (exact) mass is 487 g/mol. The van der Waals surface area contributed by atoms with Crippen molar-refractivity contribution in [2.75, 3.05) is 25.2 Å². The number of amides is 1. The molecule has 0 spiro atoms. The van der Waals surface area contributed by atoms with Gasteiger partial charge in [-0.2, -0.15) is 4.98 Å². The Morgan fingerprint density at radius 3 is 2.81 bits per heavy atom. The van der Waals surface area contributed by atoms with Gasteiger partial charge < -0.3 is 9.47 Å². The molecule has 2 atom stereocenters. The van der Waals surface area contributed by atoms with Crippen LogP contribution >= 0.6 is 15.9 Å². The number of rotatable bonds is 6. The molecule has 5 rings (SSSR count). The predicted molar refractivity (Wildman–Crippen MR) is 121 cm³/mol. The molecule has 2 aliphatic heterocycles. The third kappa shape index (κ3) is 3.12. The van der Waals surface area contributed by atoms with Crippen molar-refractivity contribution in [3.63, 3.8) is 0 Å². The Bertz CT molecular complexity index is 1070. The topological polar surface area (TPSA) is 72.2 Å². The molecule has 0 N–H and O–H groups in total. The maximum atomic E-state index is 13.6. The molecule has 0 bridgehead atoms. The van der Waals surface area contributed by atoms with Crippen LogP contribution in [0.3, 0.4) is 0 Å². The zero-order valence-electron chi connectivity index (χ0n) is 18.0. The van der Waals surface area contributed by atoms with Gasteiger partial charge in [0.15, 0.2) is 11.5 Å². The van der Waals surface area contributed by atoms with Crippen molar-refractivity contribution < 1.29 is 14.3 Å². The van der Waals surface area contributed by atoms with Gasteiger partial charge in [-0.3, -0.25) is 19.2 Å². The number of methoxy groups -OCH3 is 1. The molecule has 31 heavy (non-hydrogen) atoms. The number of ether oxygens (including phenoxy) is 2. The number of hydrogen-bond donors (Lipinski definition) is 0. The van der Waals surface area contributed by atoms with Crippen LogP contribution in [0.2, 0.25) is 0 Å². The summed E-state index contributed by atoms with van der Waals surface area (Å²) in [4.78, 5) is 27.3.